The predicted octanol–water partition coefficient (Wildman–Crippen LogP) is 1.33. The van der Waals surface area contributed by atoms with Crippen LogP contribution in [0.1, 0.15) is 6.42 Å². The minimum absolute atomic E-state index is 0.360. The molecule has 1 heterocycles. The highest BCUT2D eigenvalue weighted by molar-refractivity contribution is 6.33. The average molecular weight is 281 g/mol. The highest BCUT2D eigenvalue weighted by atomic mass is 35.5. The lowest BCUT2D eigenvalue weighted by atomic mass is 10.2. The van der Waals surface area contributed by atoms with E-state index in [0.717, 1.165) is 0 Å². The normalized spacial score (nSPS) is 10.2. The first-order valence-corrected chi connectivity index (χ1v) is 5.61. The second kappa shape index (κ2) is 5.49. The predicted molar refractivity (Wildman–Crippen MR) is 67.3 cm³/mol. The smallest absolute Gasteiger partial charge is 0.312 e. The fraction of sp³-hybridized carbons (Fsp3) is 0.0909. The summed E-state index contributed by atoms with van der Waals surface area (Å²) in [6.07, 6.45) is 2.13. The number of carbonyl (C=O) groups excluding carboxylic acids is 1. The summed E-state index contributed by atoms with van der Waals surface area (Å²) < 4.78 is 1.39. The molecule has 7 nitrogen and oxygen atoms in total. The van der Waals surface area contributed by atoms with E-state index in [1.807, 2.05) is 0 Å². The summed E-state index contributed by atoms with van der Waals surface area (Å²) in [6.45, 7) is 0. The van der Waals surface area contributed by atoms with Gasteiger partial charge in [-0.3, -0.25) is 9.59 Å². The fourth-order valence-corrected chi connectivity index (χ4v) is 1.77. The van der Waals surface area contributed by atoms with Crippen molar-refractivity contribution in [3.63, 3.8) is 0 Å². The molecular weight excluding hydrogens is 272 g/mol. The molecule has 2 N–H and O–H groups in total. The zero-order valence-electron chi connectivity index (χ0n) is 9.58. The molecule has 0 aliphatic rings. The van der Waals surface area contributed by atoms with E-state index in [2.05, 4.69) is 15.4 Å². The van der Waals surface area contributed by atoms with Gasteiger partial charge in [0.2, 0.25) is 5.91 Å². The largest absolute Gasteiger partial charge is 0.481 e. The molecule has 2 aromatic rings. The van der Waals surface area contributed by atoms with Crippen molar-refractivity contribution in [2.24, 2.45) is 0 Å². The van der Waals surface area contributed by atoms with Gasteiger partial charge in [0, 0.05) is 0 Å². The molecule has 0 fully saturated rings. The lowest BCUT2D eigenvalue weighted by molar-refractivity contribution is -0.139. The Morgan fingerprint density at radius 3 is 2.84 bits per heavy atom. The van der Waals surface area contributed by atoms with Gasteiger partial charge in [0.25, 0.3) is 0 Å². The highest BCUT2D eigenvalue weighted by Gasteiger charge is 2.14. The van der Waals surface area contributed by atoms with Crippen LogP contribution in [-0.2, 0) is 9.59 Å². The number of aliphatic carboxylic acids is 1. The number of rotatable bonds is 4. The number of halogens is 1. The van der Waals surface area contributed by atoms with E-state index in [-0.39, 0.29) is 0 Å². The number of anilines is 1. The van der Waals surface area contributed by atoms with Crippen molar-refractivity contribution in [1.82, 2.24) is 14.8 Å². The van der Waals surface area contributed by atoms with Crippen LogP contribution in [0.5, 0.6) is 0 Å². The van der Waals surface area contributed by atoms with Crippen molar-refractivity contribution >= 4 is 29.2 Å². The summed E-state index contributed by atoms with van der Waals surface area (Å²) in [5.41, 5.74) is 0.796. The molecule has 0 saturated carbocycles. The van der Waals surface area contributed by atoms with Gasteiger partial charge in [-0.2, -0.15) is 5.10 Å². The lowest BCUT2D eigenvalue weighted by Crippen LogP contribution is -2.17. The molecule has 0 aliphatic heterocycles. The average Bonchev–Trinajstić information content (AvgIpc) is 2.81. The molecule has 0 spiro atoms. The summed E-state index contributed by atoms with van der Waals surface area (Å²) in [7, 11) is 0. The lowest BCUT2D eigenvalue weighted by Gasteiger charge is -2.11. The van der Waals surface area contributed by atoms with E-state index in [4.69, 9.17) is 16.7 Å². The van der Waals surface area contributed by atoms with Crippen LogP contribution in [0, 0.1) is 0 Å². The van der Waals surface area contributed by atoms with Crippen LogP contribution in [-0.4, -0.2) is 31.7 Å². The SMILES string of the molecule is O=C(O)CC(=O)Nc1cccc(Cl)c1-n1cncn1. The first kappa shape index (κ1) is 13.0. The zero-order valence-corrected chi connectivity index (χ0v) is 10.3. The number of amides is 1. The van der Waals surface area contributed by atoms with Crippen LogP contribution < -0.4 is 5.32 Å². The van der Waals surface area contributed by atoms with E-state index in [9.17, 15) is 9.59 Å². The number of carboxylic acids is 1. The van der Waals surface area contributed by atoms with Gasteiger partial charge in [-0.05, 0) is 12.1 Å². The first-order valence-electron chi connectivity index (χ1n) is 5.23. The first-order chi connectivity index (χ1) is 9.08. The Labute approximate surface area is 112 Å². The number of hydrogen-bond donors (Lipinski definition) is 2. The Bertz CT molecular complexity index is 612. The van der Waals surface area contributed by atoms with Crippen molar-refractivity contribution in [2.45, 2.75) is 6.42 Å². The van der Waals surface area contributed by atoms with Crippen LogP contribution in [0.2, 0.25) is 5.02 Å². The van der Waals surface area contributed by atoms with Crippen molar-refractivity contribution in [1.29, 1.82) is 0 Å². The Morgan fingerprint density at radius 2 is 2.21 bits per heavy atom. The monoisotopic (exact) mass is 280 g/mol. The summed E-state index contributed by atoms with van der Waals surface area (Å²) >= 11 is 6.05. The Balaban J connectivity index is 2.33. The van der Waals surface area contributed by atoms with E-state index < -0.39 is 18.3 Å². The maximum atomic E-state index is 11.5. The van der Waals surface area contributed by atoms with Crippen LogP contribution in [0.15, 0.2) is 30.9 Å². The third kappa shape index (κ3) is 3.08. The van der Waals surface area contributed by atoms with Gasteiger partial charge in [0.1, 0.15) is 24.8 Å². The Kier molecular flexibility index (Phi) is 3.76. The van der Waals surface area contributed by atoms with Gasteiger partial charge in [0.15, 0.2) is 0 Å². The molecule has 19 heavy (non-hydrogen) atoms. The Hall–Kier alpha value is -2.41. The Morgan fingerprint density at radius 1 is 1.42 bits per heavy atom. The van der Waals surface area contributed by atoms with Crippen molar-refractivity contribution in [3.8, 4) is 5.69 Å². The molecule has 1 aromatic carbocycles. The number of nitrogens with zero attached hydrogens (tertiary/aromatic N) is 3. The molecule has 0 radical (unpaired) electrons. The van der Waals surface area contributed by atoms with Gasteiger partial charge in [-0.15, -0.1) is 0 Å². The zero-order chi connectivity index (χ0) is 13.8. The van der Waals surface area contributed by atoms with E-state index in [1.54, 1.807) is 18.2 Å². The standard InChI is InChI=1S/C11H9ClN4O3/c12-7-2-1-3-8(15-9(17)4-10(18)19)11(7)16-6-13-5-14-16/h1-3,5-6H,4H2,(H,15,17)(H,18,19). The second-order valence-corrected chi connectivity index (χ2v) is 4.00. The van der Waals surface area contributed by atoms with Crippen molar-refractivity contribution in [3.05, 3.63) is 35.9 Å². The van der Waals surface area contributed by atoms with Crippen molar-refractivity contribution in [2.75, 3.05) is 5.32 Å². The maximum absolute atomic E-state index is 11.5. The van der Waals surface area contributed by atoms with Gasteiger partial charge in [-0.1, -0.05) is 17.7 Å². The van der Waals surface area contributed by atoms with Crippen molar-refractivity contribution < 1.29 is 14.7 Å². The number of para-hydroxylation sites is 1. The molecule has 98 valence electrons. The van der Waals surface area contributed by atoms with E-state index in [1.165, 1.54) is 17.3 Å². The molecule has 8 heteroatoms. The van der Waals surface area contributed by atoms with E-state index >= 15 is 0 Å². The molecule has 0 unspecified atom stereocenters. The molecule has 0 saturated heterocycles. The molecule has 0 atom stereocenters. The summed E-state index contributed by atoms with van der Waals surface area (Å²) in [5.74, 6) is -1.85. The molecule has 1 amide bonds. The number of carbonyl (C=O) groups is 2. The van der Waals surface area contributed by atoms with E-state index in [0.29, 0.717) is 16.4 Å². The third-order valence-electron chi connectivity index (χ3n) is 2.22. The second-order valence-electron chi connectivity index (χ2n) is 3.59. The number of benzene rings is 1. The quantitative estimate of drug-likeness (QED) is 0.824. The maximum Gasteiger partial charge on any atom is 0.312 e. The number of hydrogen-bond acceptors (Lipinski definition) is 4. The van der Waals surface area contributed by atoms with Crippen LogP contribution in [0.4, 0.5) is 5.69 Å². The third-order valence-corrected chi connectivity index (χ3v) is 2.53. The number of carboxylic acid groups (broad SMARTS) is 1. The summed E-state index contributed by atoms with van der Waals surface area (Å²) in [6, 6.07) is 4.87. The number of aromatic nitrogens is 3. The minimum atomic E-state index is -1.21. The minimum Gasteiger partial charge on any atom is -0.481 e. The van der Waals surface area contributed by atoms with Gasteiger partial charge < -0.3 is 10.4 Å². The molecule has 0 aliphatic carbocycles. The van der Waals surface area contributed by atoms with Crippen LogP contribution in [0.25, 0.3) is 5.69 Å². The topological polar surface area (TPSA) is 97.1 Å². The van der Waals surface area contributed by atoms with Crippen LogP contribution in [0.3, 0.4) is 0 Å². The van der Waals surface area contributed by atoms with Crippen LogP contribution >= 0.6 is 11.6 Å². The van der Waals surface area contributed by atoms with Gasteiger partial charge in [-0.25, -0.2) is 9.67 Å². The molecule has 1 aromatic heterocycles. The molecule has 2 rings (SSSR count). The fourth-order valence-electron chi connectivity index (χ4n) is 1.50. The summed E-state index contributed by atoms with van der Waals surface area (Å²) in [5, 5.41) is 15.3. The van der Waals surface area contributed by atoms with Gasteiger partial charge in [0.05, 0.1) is 10.7 Å². The highest BCUT2D eigenvalue weighted by Crippen LogP contribution is 2.27. The summed E-state index contributed by atoms with van der Waals surface area (Å²) in [4.78, 5) is 25.7. The van der Waals surface area contributed by atoms with Gasteiger partial charge >= 0.3 is 5.97 Å². The number of nitrogens with one attached hydrogen (secondary N) is 1. The molecule has 0 bridgehead atoms. The molecular formula is C11H9ClN4O3.